The molecule has 70 valence electrons. The van der Waals surface area contributed by atoms with Gasteiger partial charge in [0.1, 0.15) is 6.54 Å². The van der Waals surface area contributed by atoms with E-state index >= 15 is 0 Å². The monoisotopic (exact) mass is 186 g/mol. The van der Waals surface area contributed by atoms with Gasteiger partial charge in [-0.25, -0.2) is 0 Å². The van der Waals surface area contributed by atoms with Gasteiger partial charge in [0.2, 0.25) is 5.91 Å². The highest BCUT2D eigenvalue weighted by Crippen LogP contribution is 2.34. The first-order chi connectivity index (χ1) is 6.83. The number of nitriles is 1. The second-order valence-corrected chi connectivity index (χ2v) is 3.33. The molecule has 1 N–H and O–H groups in total. The molecule has 1 atom stereocenters. The van der Waals surface area contributed by atoms with Crippen molar-refractivity contribution in [2.75, 3.05) is 6.54 Å². The molecule has 3 nitrogen and oxygen atoms in total. The van der Waals surface area contributed by atoms with E-state index in [2.05, 4.69) is 5.32 Å². The van der Waals surface area contributed by atoms with Crippen LogP contribution in [0, 0.1) is 11.3 Å². The van der Waals surface area contributed by atoms with Crippen LogP contribution in [-0.4, -0.2) is 12.5 Å². The molecule has 1 aromatic carbocycles. The van der Waals surface area contributed by atoms with Gasteiger partial charge in [0.05, 0.1) is 12.0 Å². The predicted molar refractivity (Wildman–Crippen MR) is 51.5 cm³/mol. The van der Waals surface area contributed by atoms with Crippen LogP contribution in [0.1, 0.15) is 17.0 Å². The first-order valence-corrected chi connectivity index (χ1v) is 4.55. The molecule has 14 heavy (non-hydrogen) atoms. The van der Waals surface area contributed by atoms with Crippen molar-refractivity contribution < 1.29 is 4.79 Å². The van der Waals surface area contributed by atoms with Gasteiger partial charge >= 0.3 is 0 Å². The third-order valence-electron chi connectivity index (χ3n) is 2.51. The number of carbonyl (C=O) groups is 1. The van der Waals surface area contributed by atoms with Crippen molar-refractivity contribution in [2.45, 2.75) is 12.3 Å². The summed E-state index contributed by atoms with van der Waals surface area (Å²) in [4.78, 5) is 11.5. The van der Waals surface area contributed by atoms with Gasteiger partial charge in [-0.2, -0.15) is 5.26 Å². The summed E-state index contributed by atoms with van der Waals surface area (Å²) in [6.07, 6.45) is 0.799. The third-order valence-corrected chi connectivity index (χ3v) is 2.51. The standard InChI is InChI=1S/C11H10N2O/c12-5-6-13-11(14)10-7-8-3-1-2-4-9(8)10/h1-4,10H,6-7H2,(H,13,14). The van der Waals surface area contributed by atoms with Crippen molar-refractivity contribution in [3.8, 4) is 6.07 Å². The highest BCUT2D eigenvalue weighted by molar-refractivity contribution is 5.86. The van der Waals surface area contributed by atoms with Crippen molar-refractivity contribution >= 4 is 5.91 Å². The maximum absolute atomic E-state index is 11.5. The maximum atomic E-state index is 11.5. The van der Waals surface area contributed by atoms with Gasteiger partial charge in [-0.3, -0.25) is 4.79 Å². The molecule has 1 aliphatic rings. The van der Waals surface area contributed by atoms with E-state index in [0.717, 1.165) is 12.0 Å². The number of amides is 1. The van der Waals surface area contributed by atoms with Gasteiger partial charge in [-0.15, -0.1) is 0 Å². The third kappa shape index (κ3) is 1.35. The van der Waals surface area contributed by atoms with Crippen LogP contribution in [0.25, 0.3) is 0 Å². The lowest BCUT2D eigenvalue weighted by Crippen LogP contribution is -2.35. The molecule has 0 fully saturated rings. The largest absolute Gasteiger partial charge is 0.342 e. The molecular weight excluding hydrogens is 176 g/mol. The average molecular weight is 186 g/mol. The fraction of sp³-hybridized carbons (Fsp3) is 0.273. The summed E-state index contributed by atoms with van der Waals surface area (Å²) >= 11 is 0. The Bertz CT molecular complexity index is 406. The van der Waals surface area contributed by atoms with Crippen LogP contribution in [0.4, 0.5) is 0 Å². The molecule has 3 heteroatoms. The Kier molecular flexibility index (Phi) is 2.19. The Morgan fingerprint density at radius 2 is 2.36 bits per heavy atom. The van der Waals surface area contributed by atoms with E-state index in [4.69, 9.17) is 5.26 Å². The Balaban J connectivity index is 2.05. The summed E-state index contributed by atoms with van der Waals surface area (Å²) < 4.78 is 0. The van der Waals surface area contributed by atoms with Gasteiger partial charge in [0, 0.05) is 0 Å². The van der Waals surface area contributed by atoms with Crippen LogP contribution >= 0.6 is 0 Å². The Morgan fingerprint density at radius 1 is 1.57 bits per heavy atom. The lowest BCUT2D eigenvalue weighted by atomic mass is 9.77. The zero-order valence-electron chi connectivity index (χ0n) is 7.66. The topological polar surface area (TPSA) is 52.9 Å². The summed E-state index contributed by atoms with van der Waals surface area (Å²) in [5.74, 6) is -0.0789. The number of fused-ring (bicyclic) bond motifs is 1. The zero-order valence-corrected chi connectivity index (χ0v) is 7.66. The van der Waals surface area contributed by atoms with E-state index in [1.807, 2.05) is 30.3 Å². The van der Waals surface area contributed by atoms with Crippen LogP contribution in [0.5, 0.6) is 0 Å². The molecule has 0 aliphatic heterocycles. The Labute approximate surface area is 82.4 Å². The summed E-state index contributed by atoms with van der Waals surface area (Å²) in [7, 11) is 0. The molecule has 1 aromatic rings. The summed E-state index contributed by atoms with van der Waals surface area (Å²) in [6, 6.07) is 9.80. The predicted octanol–water partition coefficient (Wildman–Crippen LogP) is 0.966. The fourth-order valence-corrected chi connectivity index (χ4v) is 1.74. The maximum Gasteiger partial charge on any atom is 0.228 e. The first kappa shape index (κ1) is 8.76. The van der Waals surface area contributed by atoms with Crippen molar-refractivity contribution in [3.63, 3.8) is 0 Å². The molecule has 0 aromatic heterocycles. The van der Waals surface area contributed by atoms with Gasteiger partial charge < -0.3 is 5.32 Å². The number of rotatable bonds is 2. The van der Waals surface area contributed by atoms with Crippen LogP contribution < -0.4 is 5.32 Å². The van der Waals surface area contributed by atoms with E-state index in [1.165, 1.54) is 5.56 Å². The molecule has 1 unspecified atom stereocenters. The summed E-state index contributed by atoms with van der Waals surface area (Å²) in [6.45, 7) is 0.0947. The molecule has 0 spiro atoms. The SMILES string of the molecule is N#CCNC(=O)C1Cc2ccccc21. The van der Waals surface area contributed by atoms with Crippen molar-refractivity contribution in [2.24, 2.45) is 0 Å². The second kappa shape index (κ2) is 3.51. The van der Waals surface area contributed by atoms with Gasteiger partial charge in [0.15, 0.2) is 0 Å². The van der Waals surface area contributed by atoms with Crippen molar-refractivity contribution in [3.05, 3.63) is 35.4 Å². The molecule has 0 radical (unpaired) electrons. The molecule has 0 saturated carbocycles. The minimum absolute atomic E-state index is 0.0368. The van der Waals surface area contributed by atoms with E-state index in [9.17, 15) is 4.79 Å². The van der Waals surface area contributed by atoms with Crippen molar-refractivity contribution in [1.82, 2.24) is 5.32 Å². The number of benzene rings is 1. The molecule has 1 aliphatic carbocycles. The van der Waals surface area contributed by atoms with Crippen LogP contribution in [-0.2, 0) is 11.2 Å². The van der Waals surface area contributed by atoms with E-state index in [-0.39, 0.29) is 18.4 Å². The van der Waals surface area contributed by atoms with Crippen LogP contribution in [0.15, 0.2) is 24.3 Å². The first-order valence-electron chi connectivity index (χ1n) is 4.55. The summed E-state index contributed by atoms with van der Waals surface area (Å²) in [5, 5.41) is 10.9. The minimum atomic E-state index is -0.0421. The fourth-order valence-electron chi connectivity index (χ4n) is 1.74. The molecular formula is C11H10N2O. The van der Waals surface area contributed by atoms with Gasteiger partial charge in [0.25, 0.3) is 0 Å². The smallest absolute Gasteiger partial charge is 0.228 e. The zero-order chi connectivity index (χ0) is 9.97. The van der Waals surface area contributed by atoms with Crippen molar-refractivity contribution in [1.29, 1.82) is 5.26 Å². The number of nitrogens with zero attached hydrogens (tertiary/aromatic N) is 1. The van der Waals surface area contributed by atoms with E-state index < -0.39 is 0 Å². The number of hydrogen-bond acceptors (Lipinski definition) is 2. The van der Waals surface area contributed by atoms with Crippen LogP contribution in [0.3, 0.4) is 0 Å². The average Bonchev–Trinajstić information content (AvgIpc) is 2.17. The number of nitrogens with one attached hydrogen (secondary N) is 1. The molecule has 0 saturated heterocycles. The normalized spacial score (nSPS) is 17.5. The lowest BCUT2D eigenvalue weighted by Gasteiger charge is -2.28. The second-order valence-electron chi connectivity index (χ2n) is 3.33. The number of hydrogen-bond donors (Lipinski definition) is 1. The lowest BCUT2D eigenvalue weighted by molar-refractivity contribution is -0.122. The quantitative estimate of drug-likeness (QED) is 0.699. The summed E-state index contributed by atoms with van der Waals surface area (Å²) in [5.41, 5.74) is 2.34. The molecule has 0 bridgehead atoms. The highest BCUT2D eigenvalue weighted by atomic mass is 16.1. The molecule has 0 heterocycles. The molecule has 1 amide bonds. The van der Waals surface area contributed by atoms with Gasteiger partial charge in [-0.1, -0.05) is 24.3 Å². The molecule has 2 rings (SSSR count). The van der Waals surface area contributed by atoms with E-state index in [1.54, 1.807) is 0 Å². The van der Waals surface area contributed by atoms with Crippen LogP contribution in [0.2, 0.25) is 0 Å². The van der Waals surface area contributed by atoms with E-state index in [0.29, 0.717) is 0 Å². The highest BCUT2D eigenvalue weighted by Gasteiger charge is 2.31. The van der Waals surface area contributed by atoms with Gasteiger partial charge in [-0.05, 0) is 17.5 Å². The number of carbonyl (C=O) groups excluding carboxylic acids is 1. The minimum Gasteiger partial charge on any atom is -0.342 e. The Hall–Kier alpha value is -1.82. The Morgan fingerprint density at radius 3 is 3.07 bits per heavy atom.